The second kappa shape index (κ2) is 6.25. The Morgan fingerprint density at radius 3 is 2.52 bits per heavy atom. The first-order valence-electron chi connectivity index (χ1n) is 10.1. The minimum absolute atomic E-state index is 0.191. The predicted octanol–water partition coefficient (Wildman–Crippen LogP) is 4.47. The molecule has 0 spiro atoms. The van der Waals surface area contributed by atoms with Crippen molar-refractivity contribution in [3.05, 3.63) is 11.6 Å². The van der Waals surface area contributed by atoms with Gasteiger partial charge in [0.1, 0.15) is 5.78 Å². The molecule has 3 aliphatic carbocycles. The van der Waals surface area contributed by atoms with Crippen molar-refractivity contribution in [3.8, 4) is 0 Å². The Labute approximate surface area is 153 Å². The first-order chi connectivity index (χ1) is 11.6. The first-order valence-corrected chi connectivity index (χ1v) is 10.1. The number of likely N-dealkylation sites (N-methyl/N-ethyl adjacent to an activating group) is 1. The molecule has 0 N–H and O–H groups in total. The number of carbonyl (C=O) groups is 2. The van der Waals surface area contributed by atoms with Crippen molar-refractivity contribution in [1.82, 2.24) is 4.90 Å². The fraction of sp³-hybridized carbons (Fsp3) is 0.818. The van der Waals surface area contributed by atoms with E-state index >= 15 is 0 Å². The van der Waals surface area contributed by atoms with E-state index in [0.717, 1.165) is 44.1 Å². The highest BCUT2D eigenvalue weighted by Crippen LogP contribution is 2.63. The summed E-state index contributed by atoms with van der Waals surface area (Å²) >= 11 is 0. The zero-order valence-corrected chi connectivity index (χ0v) is 16.9. The van der Waals surface area contributed by atoms with Gasteiger partial charge in [0.05, 0.1) is 0 Å². The molecule has 0 saturated heterocycles. The van der Waals surface area contributed by atoms with Crippen molar-refractivity contribution < 1.29 is 9.59 Å². The summed E-state index contributed by atoms with van der Waals surface area (Å²) in [5.41, 5.74) is 1.09. The average Bonchev–Trinajstić information content (AvgIpc) is 2.56. The molecule has 0 aliphatic heterocycles. The van der Waals surface area contributed by atoms with Crippen LogP contribution in [0.15, 0.2) is 11.6 Å². The Hall–Kier alpha value is -1.12. The van der Waals surface area contributed by atoms with E-state index in [1.807, 2.05) is 14.1 Å². The van der Waals surface area contributed by atoms with Crippen LogP contribution in [0.5, 0.6) is 0 Å². The lowest BCUT2D eigenvalue weighted by molar-refractivity contribution is -0.153. The van der Waals surface area contributed by atoms with Crippen LogP contribution in [0.3, 0.4) is 0 Å². The zero-order valence-electron chi connectivity index (χ0n) is 16.9. The van der Waals surface area contributed by atoms with Gasteiger partial charge < -0.3 is 4.90 Å². The lowest BCUT2D eigenvalue weighted by Gasteiger charge is -2.60. The van der Waals surface area contributed by atoms with Crippen LogP contribution in [0.25, 0.3) is 0 Å². The number of nitrogens with zero attached hydrogens (tertiary/aromatic N) is 1. The van der Waals surface area contributed by atoms with E-state index in [0.29, 0.717) is 29.5 Å². The Morgan fingerprint density at radius 2 is 1.92 bits per heavy atom. The number of rotatable bonds is 2. The van der Waals surface area contributed by atoms with Crippen molar-refractivity contribution in [3.63, 3.8) is 0 Å². The normalized spacial score (nSPS) is 39.9. The highest BCUT2D eigenvalue weighted by Gasteiger charge is 2.58. The summed E-state index contributed by atoms with van der Waals surface area (Å²) in [5, 5.41) is 0. The van der Waals surface area contributed by atoms with Gasteiger partial charge in [0.2, 0.25) is 5.91 Å². The van der Waals surface area contributed by atoms with Crippen LogP contribution >= 0.6 is 0 Å². The molecule has 2 saturated carbocycles. The summed E-state index contributed by atoms with van der Waals surface area (Å²) < 4.78 is 0. The number of carbonyl (C=O) groups excluding carboxylic acids is 2. The Kier molecular flexibility index (Phi) is 4.66. The largest absolute Gasteiger partial charge is 0.345 e. The van der Waals surface area contributed by atoms with Gasteiger partial charge in [-0.2, -0.15) is 0 Å². The van der Waals surface area contributed by atoms with E-state index in [1.54, 1.807) is 4.90 Å². The third-order valence-electron chi connectivity index (χ3n) is 8.03. The minimum atomic E-state index is -0.191. The number of Topliss-reactive ketones (excluding diaryl/α,β-unsaturated/α-hetero) is 1. The molecular weight excluding hydrogens is 310 g/mol. The van der Waals surface area contributed by atoms with Gasteiger partial charge in [-0.05, 0) is 61.2 Å². The van der Waals surface area contributed by atoms with Crippen molar-refractivity contribution in [2.24, 2.45) is 34.5 Å². The molecule has 5 unspecified atom stereocenters. The second-order valence-electron chi connectivity index (χ2n) is 9.66. The summed E-state index contributed by atoms with van der Waals surface area (Å²) in [6, 6.07) is 0. The van der Waals surface area contributed by atoms with E-state index in [4.69, 9.17) is 0 Å². The molecule has 3 heteroatoms. The van der Waals surface area contributed by atoms with E-state index in [2.05, 4.69) is 33.8 Å². The molecule has 2 fully saturated rings. The average molecular weight is 346 g/mol. The highest BCUT2D eigenvalue weighted by atomic mass is 16.2. The molecule has 140 valence electrons. The van der Waals surface area contributed by atoms with Gasteiger partial charge >= 0.3 is 0 Å². The monoisotopic (exact) mass is 345 g/mol. The fourth-order valence-electron chi connectivity index (χ4n) is 6.67. The lowest BCUT2D eigenvalue weighted by Crippen LogP contribution is -2.56. The number of hydrogen-bond acceptors (Lipinski definition) is 2. The van der Waals surface area contributed by atoms with Crippen LogP contribution in [0.2, 0.25) is 0 Å². The number of amides is 1. The number of hydrogen-bond donors (Lipinski definition) is 0. The molecule has 0 aromatic carbocycles. The van der Waals surface area contributed by atoms with Crippen LogP contribution in [-0.4, -0.2) is 30.7 Å². The topological polar surface area (TPSA) is 37.4 Å². The quantitative estimate of drug-likeness (QED) is 0.740. The Morgan fingerprint density at radius 1 is 1.24 bits per heavy atom. The van der Waals surface area contributed by atoms with E-state index in [1.165, 1.54) is 0 Å². The molecule has 3 rings (SSSR count). The SMILES string of the molecule is CCC1C(C(=O)N(C)C)=CCC2C1CCC1C(C)(C)C(=O)CCC21C. The van der Waals surface area contributed by atoms with Gasteiger partial charge in [0.25, 0.3) is 0 Å². The molecule has 0 bridgehead atoms. The molecule has 0 radical (unpaired) electrons. The van der Waals surface area contributed by atoms with Crippen molar-refractivity contribution in [1.29, 1.82) is 0 Å². The van der Waals surface area contributed by atoms with Gasteiger partial charge in [-0.1, -0.05) is 33.8 Å². The summed E-state index contributed by atoms with van der Waals surface area (Å²) in [6.07, 6.45) is 8.35. The van der Waals surface area contributed by atoms with Crippen LogP contribution < -0.4 is 0 Å². The maximum atomic E-state index is 12.7. The van der Waals surface area contributed by atoms with E-state index in [-0.39, 0.29) is 16.7 Å². The van der Waals surface area contributed by atoms with Crippen molar-refractivity contribution >= 4 is 11.7 Å². The van der Waals surface area contributed by atoms with Crippen molar-refractivity contribution in [2.75, 3.05) is 14.1 Å². The molecule has 1 amide bonds. The minimum Gasteiger partial charge on any atom is -0.345 e. The maximum Gasteiger partial charge on any atom is 0.249 e. The van der Waals surface area contributed by atoms with Gasteiger partial charge in [-0.25, -0.2) is 0 Å². The van der Waals surface area contributed by atoms with Crippen LogP contribution in [-0.2, 0) is 9.59 Å². The zero-order chi connectivity index (χ0) is 18.6. The Balaban J connectivity index is 1.96. The molecule has 25 heavy (non-hydrogen) atoms. The molecular formula is C22H35NO2. The molecule has 0 aromatic heterocycles. The molecule has 3 aliphatic rings. The standard InChI is InChI=1S/C22H35NO2/c1-7-14-15-9-11-18-21(2,3)19(24)12-13-22(18,4)17(15)10-8-16(14)20(25)23(5)6/h8,14-15,17-18H,7,9-13H2,1-6H3. The third kappa shape index (κ3) is 2.69. The predicted molar refractivity (Wildman–Crippen MR) is 101 cm³/mol. The summed E-state index contributed by atoms with van der Waals surface area (Å²) in [6.45, 7) is 9.03. The molecule has 0 heterocycles. The van der Waals surface area contributed by atoms with Gasteiger partial charge in [0.15, 0.2) is 0 Å². The van der Waals surface area contributed by atoms with Crippen LogP contribution in [0.4, 0.5) is 0 Å². The summed E-state index contributed by atoms with van der Waals surface area (Å²) in [5.74, 6) is 2.72. The maximum absolute atomic E-state index is 12.7. The molecule has 0 aromatic rings. The van der Waals surface area contributed by atoms with E-state index in [9.17, 15) is 9.59 Å². The van der Waals surface area contributed by atoms with Gasteiger partial charge in [0, 0.05) is 31.5 Å². The number of allylic oxidation sites excluding steroid dienone is 1. The van der Waals surface area contributed by atoms with Gasteiger partial charge in [-0.15, -0.1) is 0 Å². The fourth-order valence-corrected chi connectivity index (χ4v) is 6.67. The van der Waals surface area contributed by atoms with E-state index < -0.39 is 0 Å². The first kappa shape index (κ1) is 18.7. The van der Waals surface area contributed by atoms with Gasteiger partial charge in [-0.3, -0.25) is 9.59 Å². The number of ketones is 1. The molecule has 5 atom stereocenters. The Bertz CT molecular complexity index is 603. The van der Waals surface area contributed by atoms with Crippen LogP contribution in [0.1, 0.15) is 66.2 Å². The van der Waals surface area contributed by atoms with Crippen LogP contribution in [0, 0.1) is 34.5 Å². The summed E-state index contributed by atoms with van der Waals surface area (Å²) in [7, 11) is 3.71. The number of fused-ring (bicyclic) bond motifs is 3. The summed E-state index contributed by atoms with van der Waals surface area (Å²) in [4.78, 5) is 26.9. The molecule has 3 nitrogen and oxygen atoms in total. The third-order valence-corrected chi connectivity index (χ3v) is 8.03. The smallest absolute Gasteiger partial charge is 0.249 e. The lowest BCUT2D eigenvalue weighted by atomic mass is 9.43. The second-order valence-corrected chi connectivity index (χ2v) is 9.66. The highest BCUT2D eigenvalue weighted by molar-refractivity contribution is 5.93. The van der Waals surface area contributed by atoms with Crippen molar-refractivity contribution in [2.45, 2.75) is 66.2 Å².